The molecule has 0 aliphatic rings. The highest BCUT2D eigenvalue weighted by atomic mass is 79.9. The number of halogens is 3. The molecule has 150 valence electrons. The van der Waals surface area contributed by atoms with Crippen LogP contribution in [0.25, 0.3) is 6.08 Å². The van der Waals surface area contributed by atoms with Gasteiger partial charge in [-0.3, -0.25) is 4.79 Å². The molecule has 0 fully saturated rings. The Hall–Kier alpha value is -3.14. The van der Waals surface area contributed by atoms with Gasteiger partial charge in [0.2, 0.25) is 0 Å². The molecule has 0 saturated carbocycles. The number of rotatable bonds is 6. The number of hydrogen-bond acceptors (Lipinski definition) is 3. The lowest BCUT2D eigenvalue weighted by molar-refractivity contribution is -0.112. The summed E-state index contributed by atoms with van der Waals surface area (Å²) < 4.78 is 19.5. The minimum absolute atomic E-state index is 0.0611. The van der Waals surface area contributed by atoms with Crippen LogP contribution in [-0.2, 0) is 11.4 Å². The van der Waals surface area contributed by atoms with Crippen LogP contribution >= 0.6 is 27.5 Å². The number of anilines is 1. The predicted octanol–water partition coefficient (Wildman–Crippen LogP) is 6.37. The molecule has 0 spiro atoms. The van der Waals surface area contributed by atoms with Crippen molar-refractivity contribution in [2.45, 2.75) is 6.61 Å². The number of amides is 1. The van der Waals surface area contributed by atoms with Crippen LogP contribution in [0.2, 0.25) is 5.02 Å². The van der Waals surface area contributed by atoms with E-state index in [0.29, 0.717) is 22.0 Å². The summed E-state index contributed by atoms with van der Waals surface area (Å²) in [5.74, 6) is -0.395. The van der Waals surface area contributed by atoms with E-state index in [4.69, 9.17) is 16.3 Å². The van der Waals surface area contributed by atoms with Crippen LogP contribution in [0.3, 0.4) is 0 Å². The Bertz CT molecular complexity index is 1120. The van der Waals surface area contributed by atoms with Crippen molar-refractivity contribution >= 4 is 45.2 Å². The third-order valence-corrected chi connectivity index (χ3v) is 4.87. The largest absolute Gasteiger partial charge is 0.487 e. The lowest BCUT2D eigenvalue weighted by Gasteiger charge is -2.09. The van der Waals surface area contributed by atoms with Gasteiger partial charge in [0.15, 0.2) is 0 Å². The quantitative estimate of drug-likeness (QED) is 0.326. The zero-order valence-electron chi connectivity index (χ0n) is 15.5. The second-order valence-electron chi connectivity index (χ2n) is 6.24. The van der Waals surface area contributed by atoms with Crippen LogP contribution in [0.15, 0.2) is 76.8 Å². The van der Waals surface area contributed by atoms with Crippen molar-refractivity contribution in [1.82, 2.24) is 0 Å². The number of carbonyl (C=O) groups is 1. The van der Waals surface area contributed by atoms with Gasteiger partial charge in [0.25, 0.3) is 5.91 Å². The van der Waals surface area contributed by atoms with Crippen LogP contribution in [0.4, 0.5) is 10.1 Å². The molecule has 0 aliphatic heterocycles. The summed E-state index contributed by atoms with van der Waals surface area (Å²) in [7, 11) is 0. The zero-order chi connectivity index (χ0) is 21.5. The highest BCUT2D eigenvalue weighted by Crippen LogP contribution is 2.27. The summed E-state index contributed by atoms with van der Waals surface area (Å²) >= 11 is 9.59. The van der Waals surface area contributed by atoms with E-state index in [-0.39, 0.29) is 18.0 Å². The van der Waals surface area contributed by atoms with Crippen LogP contribution in [0, 0.1) is 17.1 Å². The van der Waals surface area contributed by atoms with E-state index in [9.17, 15) is 14.4 Å². The Labute approximate surface area is 186 Å². The fourth-order valence-electron chi connectivity index (χ4n) is 2.51. The van der Waals surface area contributed by atoms with Crippen molar-refractivity contribution in [2.75, 3.05) is 5.32 Å². The fraction of sp³-hybridized carbons (Fsp3) is 0.0435. The molecule has 0 saturated heterocycles. The lowest BCUT2D eigenvalue weighted by atomic mass is 10.1. The number of carbonyl (C=O) groups excluding carboxylic acids is 1. The third kappa shape index (κ3) is 5.93. The second kappa shape index (κ2) is 10.1. The van der Waals surface area contributed by atoms with Crippen LogP contribution in [-0.4, -0.2) is 5.91 Å². The Morgan fingerprint density at radius 3 is 2.47 bits per heavy atom. The van der Waals surface area contributed by atoms with E-state index < -0.39 is 5.91 Å². The highest BCUT2D eigenvalue weighted by Gasteiger charge is 2.11. The van der Waals surface area contributed by atoms with Crippen LogP contribution < -0.4 is 10.1 Å². The summed E-state index contributed by atoms with van der Waals surface area (Å²) in [5, 5.41) is 12.4. The van der Waals surface area contributed by atoms with E-state index in [0.717, 1.165) is 10.0 Å². The minimum Gasteiger partial charge on any atom is -0.487 e. The maximum atomic E-state index is 13.0. The summed E-state index contributed by atoms with van der Waals surface area (Å²) in [6, 6.07) is 19.8. The van der Waals surface area contributed by atoms with Crippen molar-refractivity contribution < 1.29 is 13.9 Å². The van der Waals surface area contributed by atoms with Crippen LogP contribution in [0.1, 0.15) is 11.1 Å². The van der Waals surface area contributed by atoms with Crippen molar-refractivity contribution in [1.29, 1.82) is 5.26 Å². The van der Waals surface area contributed by atoms with Gasteiger partial charge in [0.1, 0.15) is 29.8 Å². The average Bonchev–Trinajstić information content (AvgIpc) is 2.74. The number of nitrogens with one attached hydrogen (secondary N) is 1. The molecule has 1 N–H and O–H groups in total. The Balaban J connectivity index is 1.69. The second-order valence-corrected chi connectivity index (χ2v) is 7.56. The molecule has 0 bridgehead atoms. The topological polar surface area (TPSA) is 62.1 Å². The number of hydrogen-bond donors (Lipinski definition) is 1. The number of nitriles is 1. The summed E-state index contributed by atoms with van der Waals surface area (Å²) in [5.41, 5.74) is 1.89. The maximum absolute atomic E-state index is 13.0. The molecular weight excluding hydrogens is 471 g/mol. The molecule has 3 rings (SSSR count). The van der Waals surface area contributed by atoms with Gasteiger partial charge in [-0.05, 0) is 65.7 Å². The molecule has 0 heterocycles. The molecule has 0 aliphatic carbocycles. The normalized spacial score (nSPS) is 10.9. The molecule has 0 radical (unpaired) electrons. The van der Waals surface area contributed by atoms with Crippen molar-refractivity contribution in [2.24, 2.45) is 0 Å². The lowest BCUT2D eigenvalue weighted by Crippen LogP contribution is -2.13. The molecule has 1 amide bonds. The van der Waals surface area contributed by atoms with Gasteiger partial charge in [-0.25, -0.2) is 4.39 Å². The van der Waals surface area contributed by atoms with Gasteiger partial charge >= 0.3 is 0 Å². The fourth-order valence-corrected chi connectivity index (χ4v) is 3.02. The molecule has 3 aromatic carbocycles. The Morgan fingerprint density at radius 1 is 1.13 bits per heavy atom. The molecule has 30 heavy (non-hydrogen) atoms. The number of benzene rings is 3. The van der Waals surface area contributed by atoms with Crippen LogP contribution in [0.5, 0.6) is 5.75 Å². The summed E-state index contributed by atoms with van der Waals surface area (Å²) in [6.07, 6.45) is 1.45. The molecule has 7 heteroatoms. The first-order valence-electron chi connectivity index (χ1n) is 8.80. The van der Waals surface area contributed by atoms with Crippen molar-refractivity contribution in [3.05, 3.63) is 98.7 Å². The van der Waals surface area contributed by atoms with Crippen molar-refractivity contribution in [3.63, 3.8) is 0 Å². The van der Waals surface area contributed by atoms with E-state index in [1.54, 1.807) is 54.6 Å². The van der Waals surface area contributed by atoms with Gasteiger partial charge in [0.05, 0.1) is 5.02 Å². The Kier molecular flexibility index (Phi) is 7.23. The first-order chi connectivity index (χ1) is 14.4. The van der Waals surface area contributed by atoms with Gasteiger partial charge in [-0.1, -0.05) is 45.7 Å². The zero-order valence-corrected chi connectivity index (χ0v) is 17.9. The monoisotopic (exact) mass is 484 g/mol. The standard InChI is InChI=1S/C23H15BrClFN2O2/c24-18-4-8-20(9-5-18)28-23(29)17(13-27)11-16-3-10-22(21(25)12-16)30-14-15-1-6-19(26)7-2-15/h1-12H,14H2,(H,28,29)/b17-11+. The minimum atomic E-state index is -0.521. The molecule has 4 nitrogen and oxygen atoms in total. The number of nitrogens with zero attached hydrogens (tertiary/aromatic N) is 1. The number of ether oxygens (including phenoxy) is 1. The molecule has 3 aromatic rings. The summed E-state index contributed by atoms with van der Waals surface area (Å²) in [6.45, 7) is 0.230. The highest BCUT2D eigenvalue weighted by molar-refractivity contribution is 9.10. The first-order valence-corrected chi connectivity index (χ1v) is 9.97. The van der Waals surface area contributed by atoms with E-state index >= 15 is 0 Å². The maximum Gasteiger partial charge on any atom is 0.266 e. The predicted molar refractivity (Wildman–Crippen MR) is 119 cm³/mol. The average molecular weight is 486 g/mol. The van der Waals surface area contributed by atoms with Gasteiger partial charge in [0, 0.05) is 10.2 Å². The third-order valence-electron chi connectivity index (χ3n) is 4.04. The van der Waals surface area contributed by atoms with E-state index in [1.807, 2.05) is 6.07 Å². The van der Waals surface area contributed by atoms with Gasteiger partial charge in [-0.2, -0.15) is 5.26 Å². The van der Waals surface area contributed by atoms with E-state index in [2.05, 4.69) is 21.2 Å². The molecule has 0 aromatic heterocycles. The smallest absolute Gasteiger partial charge is 0.266 e. The SMILES string of the molecule is N#C/C(=C\c1ccc(OCc2ccc(F)cc2)c(Cl)c1)C(=O)Nc1ccc(Br)cc1. The van der Waals surface area contributed by atoms with E-state index in [1.165, 1.54) is 18.2 Å². The van der Waals surface area contributed by atoms with Gasteiger partial charge < -0.3 is 10.1 Å². The molecular formula is C23H15BrClFN2O2. The first kappa shape index (κ1) is 21.6. The van der Waals surface area contributed by atoms with Crippen molar-refractivity contribution in [3.8, 4) is 11.8 Å². The summed E-state index contributed by atoms with van der Waals surface area (Å²) in [4.78, 5) is 12.4. The Morgan fingerprint density at radius 2 is 1.83 bits per heavy atom. The molecule has 0 atom stereocenters. The molecule has 0 unspecified atom stereocenters. The van der Waals surface area contributed by atoms with Gasteiger partial charge in [-0.15, -0.1) is 0 Å².